The molecule has 48 heavy (non-hydrogen) atoms. The first kappa shape index (κ1) is 34.7. The Morgan fingerprint density at radius 1 is 0.833 bits per heavy atom. The SMILES string of the molecule is CCOc1ccccc1N(CC(=O)N(Cc1cccc(C)c1)[C@H](Cc1ccccc1)C(=O)NC1CCCCC1)S(=O)(=O)c1ccccc1. The van der Waals surface area contributed by atoms with Gasteiger partial charge in [0.2, 0.25) is 11.8 Å². The van der Waals surface area contributed by atoms with Gasteiger partial charge in [0, 0.05) is 19.0 Å². The Kier molecular flexibility index (Phi) is 11.9. The molecule has 1 fully saturated rings. The number of carbonyl (C=O) groups is 2. The lowest BCUT2D eigenvalue weighted by atomic mass is 9.94. The molecule has 9 heteroatoms. The minimum atomic E-state index is -4.23. The number of benzene rings is 4. The minimum Gasteiger partial charge on any atom is -0.492 e. The fraction of sp³-hybridized carbons (Fsp3) is 0.333. The van der Waals surface area contributed by atoms with Gasteiger partial charge >= 0.3 is 0 Å². The molecule has 0 saturated heterocycles. The second-order valence-corrected chi connectivity index (χ2v) is 14.1. The highest BCUT2D eigenvalue weighted by Crippen LogP contribution is 2.33. The molecule has 0 spiro atoms. The summed E-state index contributed by atoms with van der Waals surface area (Å²) < 4.78 is 35.6. The normalized spacial score (nSPS) is 14.1. The zero-order valence-corrected chi connectivity index (χ0v) is 28.6. The third-order valence-corrected chi connectivity index (χ3v) is 10.5. The number of aryl methyl sites for hydroxylation is 1. The molecule has 2 amide bonds. The summed E-state index contributed by atoms with van der Waals surface area (Å²) in [6.07, 6.45) is 5.31. The van der Waals surface area contributed by atoms with E-state index in [9.17, 15) is 18.0 Å². The fourth-order valence-corrected chi connectivity index (χ4v) is 7.72. The summed E-state index contributed by atoms with van der Waals surface area (Å²) in [5.74, 6) is -0.394. The lowest BCUT2D eigenvalue weighted by molar-refractivity contribution is -0.140. The molecule has 0 bridgehead atoms. The number of nitrogens with one attached hydrogen (secondary N) is 1. The predicted octanol–water partition coefficient (Wildman–Crippen LogP) is 6.68. The van der Waals surface area contributed by atoms with E-state index in [-0.39, 0.29) is 35.5 Å². The summed E-state index contributed by atoms with van der Waals surface area (Å²) in [6, 6.07) is 31.5. The number of nitrogens with zero attached hydrogens (tertiary/aromatic N) is 2. The van der Waals surface area contributed by atoms with Crippen molar-refractivity contribution in [2.75, 3.05) is 17.5 Å². The van der Waals surface area contributed by atoms with Crippen LogP contribution in [0.3, 0.4) is 0 Å². The molecule has 0 aromatic heterocycles. The Hall–Kier alpha value is -4.63. The first-order valence-corrected chi connectivity index (χ1v) is 18.2. The summed E-state index contributed by atoms with van der Waals surface area (Å²) in [4.78, 5) is 30.7. The molecule has 1 N–H and O–H groups in total. The van der Waals surface area contributed by atoms with Crippen molar-refractivity contribution >= 4 is 27.5 Å². The number of para-hydroxylation sites is 2. The number of hydrogen-bond acceptors (Lipinski definition) is 5. The van der Waals surface area contributed by atoms with E-state index in [2.05, 4.69) is 5.32 Å². The van der Waals surface area contributed by atoms with E-state index >= 15 is 0 Å². The van der Waals surface area contributed by atoms with Crippen molar-refractivity contribution in [1.29, 1.82) is 0 Å². The number of ether oxygens (including phenoxy) is 1. The number of rotatable bonds is 14. The van der Waals surface area contributed by atoms with E-state index in [1.165, 1.54) is 12.1 Å². The largest absolute Gasteiger partial charge is 0.492 e. The van der Waals surface area contributed by atoms with E-state index in [4.69, 9.17) is 4.74 Å². The van der Waals surface area contributed by atoms with E-state index in [1.807, 2.05) is 68.4 Å². The van der Waals surface area contributed by atoms with Crippen molar-refractivity contribution in [2.24, 2.45) is 0 Å². The van der Waals surface area contributed by atoms with Crippen LogP contribution in [0.2, 0.25) is 0 Å². The summed E-state index contributed by atoms with van der Waals surface area (Å²) in [5, 5.41) is 3.25. The lowest BCUT2D eigenvalue weighted by Crippen LogP contribution is -2.55. The quantitative estimate of drug-likeness (QED) is 0.162. The second-order valence-electron chi connectivity index (χ2n) is 12.3. The molecule has 0 unspecified atom stereocenters. The second kappa shape index (κ2) is 16.5. The van der Waals surface area contributed by atoms with Gasteiger partial charge in [-0.1, -0.05) is 110 Å². The van der Waals surface area contributed by atoms with Gasteiger partial charge < -0.3 is 15.0 Å². The van der Waals surface area contributed by atoms with Crippen molar-refractivity contribution in [1.82, 2.24) is 10.2 Å². The average molecular weight is 668 g/mol. The number of amides is 2. The van der Waals surface area contributed by atoms with Crippen LogP contribution in [0.4, 0.5) is 5.69 Å². The summed E-state index contributed by atoms with van der Waals surface area (Å²) in [7, 11) is -4.23. The lowest BCUT2D eigenvalue weighted by Gasteiger charge is -2.35. The van der Waals surface area contributed by atoms with Crippen LogP contribution in [0.15, 0.2) is 114 Å². The Bertz CT molecular complexity index is 1760. The van der Waals surface area contributed by atoms with Crippen LogP contribution in [0.1, 0.15) is 55.7 Å². The van der Waals surface area contributed by atoms with Crippen LogP contribution >= 0.6 is 0 Å². The van der Waals surface area contributed by atoms with Gasteiger partial charge in [-0.05, 0) is 62.1 Å². The van der Waals surface area contributed by atoms with Crippen molar-refractivity contribution in [3.05, 3.63) is 126 Å². The molecule has 4 aromatic carbocycles. The van der Waals surface area contributed by atoms with Crippen molar-refractivity contribution in [3.63, 3.8) is 0 Å². The van der Waals surface area contributed by atoms with Gasteiger partial charge in [-0.2, -0.15) is 0 Å². The van der Waals surface area contributed by atoms with Gasteiger partial charge in [0.15, 0.2) is 0 Å². The zero-order chi connectivity index (χ0) is 33.9. The molecule has 5 rings (SSSR count). The predicted molar refractivity (Wildman–Crippen MR) is 189 cm³/mol. The third-order valence-electron chi connectivity index (χ3n) is 8.70. The molecule has 0 heterocycles. The van der Waals surface area contributed by atoms with Crippen molar-refractivity contribution in [3.8, 4) is 5.75 Å². The standard InChI is InChI=1S/C39H45N3O5S/c1-3-47-37-25-14-13-24-35(37)42(48(45,46)34-22-11-6-12-23-34)29-38(43)41(28-32-19-15-16-30(2)26-32)36(27-31-17-7-4-8-18-31)39(44)40-33-20-9-5-10-21-33/h4,6-8,11-19,22-26,33,36H,3,5,9-10,20-21,27-29H2,1-2H3,(H,40,44)/t36-/m1/s1. The average Bonchev–Trinajstić information content (AvgIpc) is 3.10. The number of carbonyl (C=O) groups excluding carboxylic acids is 2. The number of hydrogen-bond donors (Lipinski definition) is 1. The van der Waals surface area contributed by atoms with Gasteiger partial charge in [-0.3, -0.25) is 13.9 Å². The minimum absolute atomic E-state index is 0.0356. The van der Waals surface area contributed by atoms with Gasteiger partial charge in [-0.25, -0.2) is 8.42 Å². The van der Waals surface area contributed by atoms with Gasteiger partial charge in [0.05, 0.1) is 17.2 Å². The molecule has 0 aliphatic heterocycles. The highest BCUT2D eigenvalue weighted by Gasteiger charge is 2.36. The molecule has 1 atom stereocenters. The maximum atomic E-state index is 14.8. The maximum Gasteiger partial charge on any atom is 0.264 e. The van der Waals surface area contributed by atoms with Crippen LogP contribution in [0.5, 0.6) is 5.75 Å². The number of sulfonamides is 1. The summed E-state index contributed by atoms with van der Waals surface area (Å²) in [6.45, 7) is 3.70. The molecule has 1 aliphatic rings. The van der Waals surface area contributed by atoms with Crippen LogP contribution in [0.25, 0.3) is 0 Å². The molecular weight excluding hydrogens is 623 g/mol. The van der Waals surface area contributed by atoms with E-state index in [1.54, 1.807) is 47.4 Å². The fourth-order valence-electron chi connectivity index (χ4n) is 6.28. The van der Waals surface area contributed by atoms with E-state index < -0.39 is 28.5 Å². The first-order valence-electron chi connectivity index (χ1n) is 16.7. The van der Waals surface area contributed by atoms with Gasteiger partial charge in [0.1, 0.15) is 18.3 Å². The highest BCUT2D eigenvalue weighted by atomic mass is 32.2. The topological polar surface area (TPSA) is 96.0 Å². The molecular formula is C39H45N3O5S. The van der Waals surface area contributed by atoms with E-state index in [0.29, 0.717) is 12.4 Å². The Morgan fingerprint density at radius 2 is 1.48 bits per heavy atom. The summed E-state index contributed by atoms with van der Waals surface area (Å²) in [5.41, 5.74) is 3.02. The molecule has 252 valence electrons. The Labute approximate surface area is 284 Å². The molecule has 0 radical (unpaired) electrons. The highest BCUT2D eigenvalue weighted by molar-refractivity contribution is 7.92. The monoisotopic (exact) mass is 667 g/mol. The molecule has 8 nitrogen and oxygen atoms in total. The van der Waals surface area contributed by atoms with Crippen LogP contribution in [-0.4, -0.2) is 50.4 Å². The van der Waals surface area contributed by atoms with E-state index in [0.717, 1.165) is 53.1 Å². The van der Waals surface area contributed by atoms with Crippen LogP contribution < -0.4 is 14.4 Å². The zero-order valence-electron chi connectivity index (χ0n) is 27.8. The Balaban J connectivity index is 1.58. The molecule has 4 aromatic rings. The first-order chi connectivity index (χ1) is 23.3. The number of anilines is 1. The molecule has 1 aliphatic carbocycles. The summed E-state index contributed by atoms with van der Waals surface area (Å²) >= 11 is 0. The smallest absolute Gasteiger partial charge is 0.264 e. The van der Waals surface area contributed by atoms with Crippen LogP contribution in [-0.2, 0) is 32.6 Å². The maximum absolute atomic E-state index is 14.8. The van der Waals surface area contributed by atoms with Crippen LogP contribution in [0, 0.1) is 6.92 Å². The van der Waals surface area contributed by atoms with Crippen molar-refractivity contribution < 1.29 is 22.7 Å². The van der Waals surface area contributed by atoms with Gasteiger partial charge in [0.25, 0.3) is 10.0 Å². The third kappa shape index (κ3) is 8.83. The Morgan fingerprint density at radius 3 is 2.17 bits per heavy atom. The molecule has 1 saturated carbocycles. The van der Waals surface area contributed by atoms with Crippen molar-refractivity contribution in [2.45, 2.75) is 75.9 Å². The van der Waals surface area contributed by atoms with Gasteiger partial charge in [-0.15, -0.1) is 0 Å².